The van der Waals surface area contributed by atoms with Gasteiger partial charge in [-0.15, -0.1) is 0 Å². The van der Waals surface area contributed by atoms with Crippen molar-refractivity contribution in [3.63, 3.8) is 0 Å². The molecule has 0 aromatic carbocycles. The normalized spacial score (nSPS) is 20.5. The third kappa shape index (κ3) is 3.78. The molecule has 1 amide bonds. The van der Waals surface area contributed by atoms with Crippen molar-refractivity contribution in [1.82, 2.24) is 9.88 Å². The lowest BCUT2D eigenvalue weighted by atomic mass is 10.0. The first kappa shape index (κ1) is 12.5. The summed E-state index contributed by atoms with van der Waals surface area (Å²) in [6.45, 7) is 2.11. The van der Waals surface area contributed by atoms with E-state index >= 15 is 0 Å². The predicted molar refractivity (Wildman–Crippen MR) is 70.8 cm³/mol. The number of nitrogens with one attached hydrogen (secondary N) is 1. The van der Waals surface area contributed by atoms with Crippen molar-refractivity contribution in [1.29, 1.82) is 0 Å². The number of amides is 1. The van der Waals surface area contributed by atoms with Crippen LogP contribution in [0.25, 0.3) is 0 Å². The second kappa shape index (κ2) is 5.60. The zero-order chi connectivity index (χ0) is 12.3. The van der Waals surface area contributed by atoms with Crippen LogP contribution >= 0.6 is 15.9 Å². The van der Waals surface area contributed by atoms with E-state index in [2.05, 4.69) is 38.2 Å². The van der Waals surface area contributed by atoms with Gasteiger partial charge in [0.05, 0.1) is 0 Å². The number of nitrogens with zero attached hydrogens (tertiary/aromatic N) is 2. The molecule has 2 rings (SSSR count). The molecule has 5 heteroatoms. The number of rotatable bonds is 3. The maximum absolute atomic E-state index is 11.8. The summed E-state index contributed by atoms with van der Waals surface area (Å²) < 4.78 is 0.910. The van der Waals surface area contributed by atoms with Gasteiger partial charge in [-0.25, -0.2) is 4.98 Å². The lowest BCUT2D eigenvalue weighted by Gasteiger charge is -2.10. The maximum atomic E-state index is 11.8. The van der Waals surface area contributed by atoms with Crippen LogP contribution in [0.3, 0.4) is 0 Å². The van der Waals surface area contributed by atoms with Gasteiger partial charge in [-0.2, -0.15) is 0 Å². The van der Waals surface area contributed by atoms with E-state index in [0.29, 0.717) is 18.2 Å². The molecule has 2 heterocycles. The van der Waals surface area contributed by atoms with E-state index in [-0.39, 0.29) is 5.91 Å². The van der Waals surface area contributed by atoms with Gasteiger partial charge < -0.3 is 10.2 Å². The van der Waals surface area contributed by atoms with Crippen molar-refractivity contribution in [2.45, 2.75) is 12.8 Å². The summed E-state index contributed by atoms with van der Waals surface area (Å²) in [5.41, 5.74) is 0. The topological polar surface area (TPSA) is 45.2 Å². The Morgan fingerprint density at radius 3 is 3.06 bits per heavy atom. The van der Waals surface area contributed by atoms with E-state index in [1.807, 2.05) is 6.07 Å². The van der Waals surface area contributed by atoms with Gasteiger partial charge in [0.2, 0.25) is 5.91 Å². The molecule has 0 spiro atoms. The van der Waals surface area contributed by atoms with Gasteiger partial charge in [-0.1, -0.05) is 0 Å². The van der Waals surface area contributed by atoms with Gasteiger partial charge in [0.1, 0.15) is 5.82 Å². The number of pyridine rings is 1. The van der Waals surface area contributed by atoms with E-state index in [4.69, 9.17) is 0 Å². The lowest BCUT2D eigenvalue weighted by molar-refractivity contribution is -0.117. The van der Waals surface area contributed by atoms with E-state index in [1.165, 1.54) is 0 Å². The Kier molecular flexibility index (Phi) is 4.12. The second-order valence-corrected chi connectivity index (χ2v) is 5.45. The molecule has 1 aromatic rings. The smallest absolute Gasteiger partial charge is 0.225 e. The first-order chi connectivity index (χ1) is 8.13. The van der Waals surface area contributed by atoms with Crippen molar-refractivity contribution in [3.8, 4) is 0 Å². The molecule has 1 N–H and O–H groups in total. The SMILES string of the molecule is CN1CCC(CC(=O)Nc2ccc(Br)cn2)C1. The Bertz CT molecular complexity index is 393. The van der Waals surface area contributed by atoms with Crippen LogP contribution in [0.2, 0.25) is 0 Å². The first-order valence-electron chi connectivity index (χ1n) is 5.73. The van der Waals surface area contributed by atoms with Crippen LogP contribution in [-0.2, 0) is 4.79 Å². The molecule has 0 saturated carbocycles. The first-order valence-corrected chi connectivity index (χ1v) is 6.53. The fourth-order valence-electron chi connectivity index (χ4n) is 2.10. The molecule has 17 heavy (non-hydrogen) atoms. The summed E-state index contributed by atoms with van der Waals surface area (Å²) in [7, 11) is 2.09. The number of carbonyl (C=O) groups excluding carboxylic acids is 1. The highest BCUT2D eigenvalue weighted by molar-refractivity contribution is 9.10. The largest absolute Gasteiger partial charge is 0.311 e. The van der Waals surface area contributed by atoms with Crippen LogP contribution in [0.4, 0.5) is 5.82 Å². The molecule has 4 nitrogen and oxygen atoms in total. The summed E-state index contributed by atoms with van der Waals surface area (Å²) >= 11 is 3.31. The van der Waals surface area contributed by atoms with E-state index in [1.54, 1.807) is 12.3 Å². The van der Waals surface area contributed by atoms with Crippen molar-refractivity contribution in [2.24, 2.45) is 5.92 Å². The molecule has 92 valence electrons. The Balaban J connectivity index is 1.83. The van der Waals surface area contributed by atoms with Crippen LogP contribution in [0.1, 0.15) is 12.8 Å². The van der Waals surface area contributed by atoms with Gasteiger partial charge in [0, 0.05) is 23.6 Å². The van der Waals surface area contributed by atoms with Crippen LogP contribution in [-0.4, -0.2) is 35.9 Å². The minimum Gasteiger partial charge on any atom is -0.311 e. The predicted octanol–water partition coefficient (Wildman–Crippen LogP) is 2.12. The van der Waals surface area contributed by atoms with Gasteiger partial charge in [-0.05, 0) is 54.0 Å². The van der Waals surface area contributed by atoms with Crippen LogP contribution in [0, 0.1) is 5.92 Å². The van der Waals surface area contributed by atoms with Gasteiger partial charge in [0.25, 0.3) is 0 Å². The third-order valence-corrected chi connectivity index (χ3v) is 3.43. The molecule has 1 atom stereocenters. The zero-order valence-corrected chi connectivity index (χ0v) is 11.4. The molecule has 0 aliphatic carbocycles. The minimum atomic E-state index is 0.0557. The van der Waals surface area contributed by atoms with Crippen molar-refractivity contribution in [2.75, 3.05) is 25.5 Å². The number of carbonyl (C=O) groups is 1. The van der Waals surface area contributed by atoms with Crippen molar-refractivity contribution >= 4 is 27.7 Å². The van der Waals surface area contributed by atoms with E-state index in [0.717, 1.165) is 24.0 Å². The average molecular weight is 298 g/mol. The maximum Gasteiger partial charge on any atom is 0.225 e. The molecule has 1 fully saturated rings. The van der Waals surface area contributed by atoms with E-state index in [9.17, 15) is 4.79 Å². The van der Waals surface area contributed by atoms with Crippen molar-refractivity contribution in [3.05, 3.63) is 22.8 Å². The summed E-state index contributed by atoms with van der Waals surface area (Å²) in [6.07, 6.45) is 3.37. The van der Waals surface area contributed by atoms with E-state index < -0.39 is 0 Å². The van der Waals surface area contributed by atoms with Gasteiger partial charge >= 0.3 is 0 Å². The Morgan fingerprint density at radius 2 is 2.47 bits per heavy atom. The van der Waals surface area contributed by atoms with Gasteiger partial charge in [0.15, 0.2) is 0 Å². The lowest BCUT2D eigenvalue weighted by Crippen LogP contribution is -2.19. The monoisotopic (exact) mass is 297 g/mol. The molecule has 1 unspecified atom stereocenters. The number of anilines is 1. The zero-order valence-electron chi connectivity index (χ0n) is 9.82. The number of aromatic nitrogens is 1. The molecule has 0 bridgehead atoms. The number of hydrogen-bond donors (Lipinski definition) is 1. The van der Waals surface area contributed by atoms with Crippen LogP contribution < -0.4 is 5.32 Å². The molecule has 1 aliphatic rings. The second-order valence-electron chi connectivity index (χ2n) is 4.53. The average Bonchev–Trinajstić information content (AvgIpc) is 2.67. The number of likely N-dealkylation sites (tertiary alicyclic amines) is 1. The standard InChI is InChI=1S/C12H16BrN3O/c1-16-5-4-9(8-16)6-12(17)15-11-3-2-10(13)7-14-11/h2-3,7,9H,4-6,8H2,1H3,(H,14,15,17). The minimum absolute atomic E-state index is 0.0557. The van der Waals surface area contributed by atoms with Gasteiger partial charge in [-0.3, -0.25) is 4.79 Å². The highest BCUT2D eigenvalue weighted by Gasteiger charge is 2.21. The Hall–Kier alpha value is -0.940. The third-order valence-electron chi connectivity index (χ3n) is 2.96. The molecule has 1 aromatic heterocycles. The molecular weight excluding hydrogens is 282 g/mol. The number of hydrogen-bond acceptors (Lipinski definition) is 3. The molecular formula is C12H16BrN3O. The highest BCUT2D eigenvalue weighted by Crippen LogP contribution is 2.18. The summed E-state index contributed by atoms with van der Waals surface area (Å²) in [5.74, 6) is 1.15. The fourth-order valence-corrected chi connectivity index (χ4v) is 2.33. The Labute approximate surface area is 110 Å². The summed E-state index contributed by atoms with van der Waals surface area (Å²) in [5, 5.41) is 2.82. The molecule has 1 aliphatic heterocycles. The number of halogens is 1. The molecule has 0 radical (unpaired) electrons. The van der Waals surface area contributed by atoms with Crippen molar-refractivity contribution < 1.29 is 4.79 Å². The van der Waals surface area contributed by atoms with Crippen LogP contribution in [0.5, 0.6) is 0 Å². The van der Waals surface area contributed by atoms with Crippen LogP contribution in [0.15, 0.2) is 22.8 Å². The summed E-state index contributed by atoms with van der Waals surface area (Å²) in [4.78, 5) is 18.2. The highest BCUT2D eigenvalue weighted by atomic mass is 79.9. The molecule has 1 saturated heterocycles. The summed E-state index contributed by atoms with van der Waals surface area (Å²) in [6, 6.07) is 3.66. The Morgan fingerprint density at radius 1 is 1.65 bits per heavy atom. The fraction of sp³-hybridized carbons (Fsp3) is 0.500. The quantitative estimate of drug-likeness (QED) is 0.929.